The first-order valence-electron chi connectivity index (χ1n) is 10.7. The number of carbonyl (C=O) groups is 2. The molecule has 0 atom stereocenters. The first-order valence-corrected chi connectivity index (χ1v) is 10.7. The molecule has 2 N–H and O–H groups in total. The first-order chi connectivity index (χ1) is 16.7. The van der Waals surface area contributed by atoms with Gasteiger partial charge in [0.1, 0.15) is 0 Å². The van der Waals surface area contributed by atoms with Crippen molar-refractivity contribution in [2.45, 2.75) is 12.7 Å². The summed E-state index contributed by atoms with van der Waals surface area (Å²) in [5.41, 5.74) is 2.76. The summed E-state index contributed by atoms with van der Waals surface area (Å²) in [6.45, 7) is 5.98. The molecule has 1 amide bonds. The largest absolute Gasteiger partial charge is 0.490 e. The second-order valence-electron chi connectivity index (χ2n) is 7.55. The first kappa shape index (κ1) is 26.2. The minimum absolute atomic E-state index is 0.0944. The average molecular weight is 498 g/mol. The molecular formula is C21H25F3N6O5. The Kier molecular flexibility index (Phi) is 8.89. The van der Waals surface area contributed by atoms with Crippen molar-refractivity contribution in [3.63, 3.8) is 0 Å². The number of aliphatic carboxylic acids is 1. The number of morpholine rings is 1. The second-order valence-corrected chi connectivity index (χ2v) is 7.55. The molecule has 0 unspecified atom stereocenters. The number of nitrogens with one attached hydrogen (secondary N) is 1. The van der Waals surface area contributed by atoms with E-state index in [-0.39, 0.29) is 5.91 Å². The maximum atomic E-state index is 12.6. The van der Waals surface area contributed by atoms with Crippen molar-refractivity contribution in [2.75, 3.05) is 53.1 Å². The van der Waals surface area contributed by atoms with Gasteiger partial charge >= 0.3 is 12.1 Å². The van der Waals surface area contributed by atoms with Crippen LogP contribution in [0.4, 0.5) is 13.2 Å². The van der Waals surface area contributed by atoms with Gasteiger partial charge in [0.15, 0.2) is 0 Å². The summed E-state index contributed by atoms with van der Waals surface area (Å²) < 4.78 is 44.2. The molecule has 0 radical (unpaired) electrons. The predicted octanol–water partition coefficient (Wildman–Crippen LogP) is 1.32. The minimum Gasteiger partial charge on any atom is -0.475 e. The van der Waals surface area contributed by atoms with Gasteiger partial charge in [-0.2, -0.15) is 13.2 Å². The SMILES string of the molecule is COCCn1cnc2nnc3ccc(C(=O)NCCN4CCOCC4)cc3c21.O=C(O)C(F)(F)F. The van der Waals surface area contributed by atoms with Crippen molar-refractivity contribution >= 4 is 33.9 Å². The Bertz CT molecular complexity index is 1160. The predicted molar refractivity (Wildman–Crippen MR) is 118 cm³/mol. The number of carbonyl (C=O) groups excluding carboxylic acids is 1. The zero-order chi connectivity index (χ0) is 25.4. The van der Waals surface area contributed by atoms with Crippen LogP contribution in [0.1, 0.15) is 10.4 Å². The van der Waals surface area contributed by atoms with Crippen LogP contribution in [0, 0.1) is 0 Å². The molecular weight excluding hydrogens is 473 g/mol. The lowest BCUT2D eigenvalue weighted by atomic mass is 10.1. The molecule has 1 saturated heterocycles. The fourth-order valence-electron chi connectivity index (χ4n) is 3.39. The van der Waals surface area contributed by atoms with Gasteiger partial charge in [-0.1, -0.05) is 0 Å². The number of methoxy groups -OCH3 is 1. The van der Waals surface area contributed by atoms with Crippen LogP contribution in [0.3, 0.4) is 0 Å². The molecule has 2 aromatic heterocycles. The molecule has 0 bridgehead atoms. The standard InChI is InChI=1S/C19H24N6O3.C2HF3O2/c1-27-9-8-25-13-21-18-17(25)15-12-14(2-3-16(15)22-23-18)19(26)20-4-5-24-6-10-28-11-7-24;3-2(4,5)1(6)7/h2-3,12-13H,4-11H2,1H3,(H,20,26);(H,6,7). The zero-order valence-corrected chi connectivity index (χ0v) is 18.9. The molecule has 3 aromatic rings. The minimum atomic E-state index is -5.08. The van der Waals surface area contributed by atoms with E-state index in [2.05, 4.69) is 25.4 Å². The van der Waals surface area contributed by atoms with Crippen molar-refractivity contribution in [3.8, 4) is 0 Å². The van der Waals surface area contributed by atoms with E-state index in [4.69, 9.17) is 19.4 Å². The van der Waals surface area contributed by atoms with Gasteiger partial charge in [0.05, 0.1) is 37.2 Å². The van der Waals surface area contributed by atoms with E-state index in [1.165, 1.54) is 0 Å². The van der Waals surface area contributed by atoms with E-state index in [1.54, 1.807) is 19.5 Å². The molecule has 4 rings (SSSR count). The molecule has 3 heterocycles. The molecule has 1 aliphatic heterocycles. The Labute approximate surface area is 197 Å². The third-order valence-electron chi connectivity index (χ3n) is 5.18. The quantitative estimate of drug-likeness (QED) is 0.495. The summed E-state index contributed by atoms with van der Waals surface area (Å²) >= 11 is 0. The Balaban J connectivity index is 0.000000429. The summed E-state index contributed by atoms with van der Waals surface area (Å²) in [6.07, 6.45) is -3.35. The number of carboxylic acid groups (broad SMARTS) is 1. The Morgan fingerprint density at radius 2 is 1.91 bits per heavy atom. The molecule has 35 heavy (non-hydrogen) atoms. The van der Waals surface area contributed by atoms with E-state index < -0.39 is 12.1 Å². The molecule has 0 aliphatic carbocycles. The maximum absolute atomic E-state index is 12.6. The number of imidazole rings is 1. The number of halogens is 3. The van der Waals surface area contributed by atoms with Gasteiger partial charge < -0.3 is 24.5 Å². The van der Waals surface area contributed by atoms with Crippen LogP contribution in [0.25, 0.3) is 22.1 Å². The number of benzene rings is 1. The Morgan fingerprint density at radius 1 is 1.20 bits per heavy atom. The van der Waals surface area contributed by atoms with Gasteiger partial charge in [0.25, 0.3) is 5.91 Å². The number of ether oxygens (including phenoxy) is 2. The number of aromatic nitrogens is 4. The number of fused-ring (bicyclic) bond motifs is 3. The lowest BCUT2D eigenvalue weighted by molar-refractivity contribution is -0.192. The van der Waals surface area contributed by atoms with E-state index >= 15 is 0 Å². The molecule has 11 nitrogen and oxygen atoms in total. The number of amides is 1. The molecule has 1 aromatic carbocycles. The lowest BCUT2D eigenvalue weighted by Gasteiger charge is -2.26. The second kappa shape index (κ2) is 11.9. The number of hydrogen-bond donors (Lipinski definition) is 2. The van der Waals surface area contributed by atoms with Crippen LogP contribution in [-0.4, -0.2) is 101 Å². The summed E-state index contributed by atoms with van der Waals surface area (Å²) in [5, 5.41) is 19.4. The van der Waals surface area contributed by atoms with Crippen molar-refractivity contribution in [3.05, 3.63) is 30.1 Å². The van der Waals surface area contributed by atoms with E-state index in [1.807, 2.05) is 16.7 Å². The molecule has 1 fully saturated rings. The normalized spacial score (nSPS) is 14.5. The van der Waals surface area contributed by atoms with E-state index in [0.717, 1.165) is 49.3 Å². The van der Waals surface area contributed by atoms with E-state index in [9.17, 15) is 18.0 Å². The Hall–Kier alpha value is -3.36. The number of rotatable bonds is 7. The fourth-order valence-corrected chi connectivity index (χ4v) is 3.39. The van der Waals surface area contributed by atoms with Gasteiger partial charge in [-0.05, 0) is 18.2 Å². The van der Waals surface area contributed by atoms with Crippen LogP contribution in [0.5, 0.6) is 0 Å². The summed E-state index contributed by atoms with van der Waals surface area (Å²) in [5.74, 6) is -2.85. The van der Waals surface area contributed by atoms with Crippen LogP contribution >= 0.6 is 0 Å². The van der Waals surface area contributed by atoms with Crippen LogP contribution < -0.4 is 5.32 Å². The highest BCUT2D eigenvalue weighted by atomic mass is 19.4. The Morgan fingerprint density at radius 3 is 2.57 bits per heavy atom. The molecule has 14 heteroatoms. The molecule has 190 valence electrons. The lowest BCUT2D eigenvalue weighted by Crippen LogP contribution is -2.41. The monoisotopic (exact) mass is 498 g/mol. The van der Waals surface area contributed by atoms with Crippen LogP contribution in [-0.2, 0) is 20.8 Å². The smallest absolute Gasteiger partial charge is 0.475 e. The van der Waals surface area contributed by atoms with Crippen molar-refractivity contribution in [1.82, 2.24) is 30.0 Å². The third-order valence-corrected chi connectivity index (χ3v) is 5.18. The van der Waals surface area contributed by atoms with Gasteiger partial charge in [0.2, 0.25) is 5.65 Å². The highest BCUT2D eigenvalue weighted by Crippen LogP contribution is 2.22. The highest BCUT2D eigenvalue weighted by molar-refractivity contribution is 6.05. The van der Waals surface area contributed by atoms with Crippen molar-refractivity contribution < 1.29 is 37.3 Å². The van der Waals surface area contributed by atoms with Gasteiger partial charge in [0, 0.05) is 50.8 Å². The van der Waals surface area contributed by atoms with Gasteiger partial charge in [-0.15, -0.1) is 10.2 Å². The van der Waals surface area contributed by atoms with Crippen molar-refractivity contribution in [1.29, 1.82) is 0 Å². The summed E-state index contributed by atoms with van der Waals surface area (Å²) in [7, 11) is 1.66. The van der Waals surface area contributed by atoms with Gasteiger partial charge in [-0.25, -0.2) is 9.78 Å². The zero-order valence-electron chi connectivity index (χ0n) is 18.9. The molecule has 0 saturated carbocycles. The van der Waals surface area contributed by atoms with Gasteiger partial charge in [-0.3, -0.25) is 9.69 Å². The highest BCUT2D eigenvalue weighted by Gasteiger charge is 2.38. The topological polar surface area (TPSA) is 132 Å². The molecule has 0 spiro atoms. The van der Waals surface area contributed by atoms with Crippen LogP contribution in [0.2, 0.25) is 0 Å². The fraction of sp³-hybridized carbons (Fsp3) is 0.476. The summed E-state index contributed by atoms with van der Waals surface area (Å²) in [4.78, 5) is 28.1. The maximum Gasteiger partial charge on any atom is 0.490 e. The van der Waals surface area contributed by atoms with Crippen LogP contribution in [0.15, 0.2) is 24.5 Å². The van der Waals surface area contributed by atoms with Crippen molar-refractivity contribution in [2.24, 2.45) is 0 Å². The summed E-state index contributed by atoms with van der Waals surface area (Å²) in [6, 6.07) is 5.47. The number of carboxylic acids is 1. The number of alkyl halides is 3. The van der Waals surface area contributed by atoms with E-state index in [0.29, 0.717) is 30.9 Å². The average Bonchev–Trinajstić information content (AvgIpc) is 3.26. The number of hydrogen-bond acceptors (Lipinski definition) is 8. The molecule has 1 aliphatic rings. The third kappa shape index (κ3) is 7.07. The number of nitrogens with zero attached hydrogens (tertiary/aromatic N) is 5.